The summed E-state index contributed by atoms with van der Waals surface area (Å²) in [5.74, 6) is -0.549. The fourth-order valence-corrected chi connectivity index (χ4v) is 7.14. The van der Waals surface area contributed by atoms with Crippen molar-refractivity contribution in [3.05, 3.63) is 85.1 Å². The standard InChI is InChI=1S/C52H90NO8P/c1-3-5-7-9-11-13-15-17-19-21-23-24-25-26-27-29-31-33-35-37-39-41-43-45-52(56)59-48-50(54)49-61-62(57,58)60-47-46-53-51(55)44-42-40-38-36-34-32-30-28-22-20-18-16-14-12-10-8-6-4-2/h5,7,11,13,17,19-20,22-24,26-27,31,33,50,54H,3-4,6,8-10,12,14-16,18,21,25,28-30,32,34-49H2,1-2H3,(H,53,55)(H,57,58)/b7-5-,13-11-,19-17-,22-20-,24-23-,27-26-,33-31-. The summed E-state index contributed by atoms with van der Waals surface area (Å²) in [6, 6.07) is 0. The third kappa shape index (κ3) is 48.2. The molecule has 0 aromatic rings. The molecule has 0 saturated carbocycles. The van der Waals surface area contributed by atoms with Crippen molar-refractivity contribution in [2.75, 3.05) is 26.4 Å². The summed E-state index contributed by atoms with van der Waals surface area (Å²) in [7, 11) is -4.43. The highest BCUT2D eigenvalue weighted by Gasteiger charge is 2.23. The molecule has 0 fully saturated rings. The number of hydrogen-bond donors (Lipinski definition) is 3. The third-order valence-corrected chi connectivity index (χ3v) is 11.0. The summed E-state index contributed by atoms with van der Waals surface area (Å²) in [6.45, 7) is 3.40. The summed E-state index contributed by atoms with van der Waals surface area (Å²) in [6.07, 6.45) is 60.8. The number of carbonyl (C=O) groups is 2. The Bertz CT molecular complexity index is 1290. The Morgan fingerprint density at radius 2 is 0.919 bits per heavy atom. The van der Waals surface area contributed by atoms with Gasteiger partial charge in [0.25, 0.3) is 0 Å². The lowest BCUT2D eigenvalue weighted by atomic mass is 10.1. The Hall–Kier alpha value is -2.81. The van der Waals surface area contributed by atoms with Crippen molar-refractivity contribution in [1.29, 1.82) is 0 Å². The fraction of sp³-hybridized carbons (Fsp3) is 0.692. The van der Waals surface area contributed by atoms with E-state index in [1.165, 1.54) is 83.5 Å². The molecule has 9 nitrogen and oxygen atoms in total. The molecule has 0 aromatic heterocycles. The third-order valence-electron chi connectivity index (χ3n) is 10.1. The van der Waals surface area contributed by atoms with Crippen molar-refractivity contribution in [2.45, 2.75) is 206 Å². The highest BCUT2D eigenvalue weighted by Crippen LogP contribution is 2.42. The molecule has 0 spiro atoms. The smallest absolute Gasteiger partial charge is 0.463 e. The Labute approximate surface area is 379 Å². The lowest BCUT2D eigenvalue weighted by Gasteiger charge is -2.15. The minimum absolute atomic E-state index is 0.0723. The van der Waals surface area contributed by atoms with Gasteiger partial charge in [0.05, 0.1) is 13.2 Å². The fourth-order valence-electron chi connectivity index (χ4n) is 6.38. The van der Waals surface area contributed by atoms with Crippen molar-refractivity contribution >= 4 is 19.7 Å². The molecule has 62 heavy (non-hydrogen) atoms. The van der Waals surface area contributed by atoms with Gasteiger partial charge in [0, 0.05) is 19.4 Å². The molecule has 356 valence electrons. The maximum Gasteiger partial charge on any atom is 0.472 e. The molecule has 10 heteroatoms. The molecule has 0 bridgehead atoms. The minimum Gasteiger partial charge on any atom is -0.463 e. The Morgan fingerprint density at radius 3 is 1.40 bits per heavy atom. The van der Waals surface area contributed by atoms with Gasteiger partial charge in [-0.2, -0.15) is 0 Å². The van der Waals surface area contributed by atoms with Crippen LogP contribution in [0.4, 0.5) is 0 Å². The van der Waals surface area contributed by atoms with E-state index in [2.05, 4.69) is 104 Å². The van der Waals surface area contributed by atoms with Crippen LogP contribution in [0.25, 0.3) is 0 Å². The van der Waals surface area contributed by atoms with Crippen LogP contribution in [0.15, 0.2) is 85.1 Å². The van der Waals surface area contributed by atoms with Gasteiger partial charge in [-0.1, -0.05) is 182 Å². The monoisotopic (exact) mass is 888 g/mol. The van der Waals surface area contributed by atoms with E-state index in [1.807, 2.05) is 0 Å². The number of aliphatic hydroxyl groups is 1. The number of aliphatic hydroxyl groups excluding tert-OH is 1. The van der Waals surface area contributed by atoms with Crippen molar-refractivity contribution < 1.29 is 37.9 Å². The van der Waals surface area contributed by atoms with Crippen LogP contribution in [0.3, 0.4) is 0 Å². The van der Waals surface area contributed by atoms with Crippen molar-refractivity contribution in [3.63, 3.8) is 0 Å². The molecule has 3 N–H and O–H groups in total. The number of nitrogens with one attached hydrogen (secondary N) is 1. The number of amides is 1. The quantitative estimate of drug-likeness (QED) is 0.0238. The summed E-state index contributed by atoms with van der Waals surface area (Å²) in [4.78, 5) is 34.0. The van der Waals surface area contributed by atoms with E-state index in [-0.39, 0.29) is 32.1 Å². The average Bonchev–Trinajstić information content (AvgIpc) is 3.26. The number of phosphoric acid groups is 1. The highest BCUT2D eigenvalue weighted by atomic mass is 31.2. The summed E-state index contributed by atoms with van der Waals surface area (Å²) < 4.78 is 26.9. The van der Waals surface area contributed by atoms with Gasteiger partial charge in [0.15, 0.2) is 0 Å². The van der Waals surface area contributed by atoms with E-state index in [4.69, 9.17) is 13.8 Å². The molecule has 2 atom stereocenters. The van der Waals surface area contributed by atoms with Crippen LogP contribution in [-0.4, -0.2) is 54.3 Å². The van der Waals surface area contributed by atoms with Crippen LogP contribution in [0.2, 0.25) is 0 Å². The number of carbonyl (C=O) groups excluding carboxylic acids is 2. The second-order valence-corrected chi connectivity index (χ2v) is 17.5. The second-order valence-electron chi connectivity index (χ2n) is 16.0. The van der Waals surface area contributed by atoms with Crippen LogP contribution in [0.5, 0.6) is 0 Å². The van der Waals surface area contributed by atoms with E-state index < -0.39 is 26.5 Å². The van der Waals surface area contributed by atoms with E-state index in [0.717, 1.165) is 83.5 Å². The van der Waals surface area contributed by atoms with Gasteiger partial charge >= 0.3 is 13.8 Å². The first kappa shape index (κ1) is 59.2. The van der Waals surface area contributed by atoms with E-state index in [0.29, 0.717) is 12.8 Å². The zero-order valence-corrected chi connectivity index (χ0v) is 40.2. The predicted octanol–water partition coefficient (Wildman–Crippen LogP) is 14.4. The minimum atomic E-state index is -4.43. The molecule has 0 saturated heterocycles. The Morgan fingerprint density at radius 1 is 0.516 bits per heavy atom. The molecule has 0 aliphatic rings. The first-order chi connectivity index (χ1) is 30.3. The SMILES string of the molecule is CC/C=C\C/C=C\C/C=C\C/C=C\C/C=C\C/C=C\CCCCCCC(=O)OCC(O)COP(=O)(O)OCCNC(=O)CCCCCCCCC/C=C\CCCCCCCCC. The van der Waals surface area contributed by atoms with E-state index >= 15 is 0 Å². The zero-order chi connectivity index (χ0) is 45.3. The normalized spacial score (nSPS) is 13.9. The number of hydrogen-bond acceptors (Lipinski definition) is 7. The van der Waals surface area contributed by atoms with Gasteiger partial charge < -0.3 is 20.1 Å². The van der Waals surface area contributed by atoms with E-state index in [9.17, 15) is 24.2 Å². The average molecular weight is 888 g/mol. The summed E-state index contributed by atoms with van der Waals surface area (Å²) in [5.41, 5.74) is 0. The molecule has 0 aliphatic carbocycles. The lowest BCUT2D eigenvalue weighted by Crippen LogP contribution is -2.27. The van der Waals surface area contributed by atoms with Gasteiger partial charge in [0.1, 0.15) is 12.7 Å². The van der Waals surface area contributed by atoms with Gasteiger partial charge in [-0.25, -0.2) is 4.57 Å². The highest BCUT2D eigenvalue weighted by molar-refractivity contribution is 7.47. The second kappa shape index (κ2) is 47.7. The van der Waals surface area contributed by atoms with Crippen LogP contribution in [-0.2, 0) is 27.9 Å². The first-order valence-corrected chi connectivity index (χ1v) is 26.1. The van der Waals surface area contributed by atoms with Crippen LogP contribution >= 0.6 is 7.82 Å². The predicted molar refractivity (Wildman–Crippen MR) is 261 cm³/mol. The van der Waals surface area contributed by atoms with Crippen LogP contribution < -0.4 is 5.32 Å². The Kier molecular flexibility index (Phi) is 45.5. The largest absolute Gasteiger partial charge is 0.472 e. The maximum absolute atomic E-state index is 12.1. The first-order valence-electron chi connectivity index (χ1n) is 24.6. The van der Waals surface area contributed by atoms with Crippen LogP contribution in [0.1, 0.15) is 200 Å². The number of allylic oxidation sites excluding steroid dienone is 14. The topological polar surface area (TPSA) is 131 Å². The molecular formula is C52H90NO8P. The number of rotatable bonds is 45. The molecule has 1 amide bonds. The van der Waals surface area contributed by atoms with Crippen LogP contribution in [0, 0.1) is 0 Å². The molecular weight excluding hydrogens is 798 g/mol. The molecule has 0 aliphatic heterocycles. The number of phosphoric ester groups is 1. The van der Waals surface area contributed by atoms with E-state index in [1.54, 1.807) is 0 Å². The number of unbranched alkanes of at least 4 members (excludes halogenated alkanes) is 18. The number of ether oxygens (including phenoxy) is 1. The van der Waals surface area contributed by atoms with Crippen molar-refractivity contribution in [3.8, 4) is 0 Å². The number of esters is 1. The van der Waals surface area contributed by atoms with Gasteiger partial charge in [-0.15, -0.1) is 0 Å². The van der Waals surface area contributed by atoms with Gasteiger partial charge in [-0.05, 0) is 89.9 Å². The molecule has 0 heterocycles. The molecule has 2 unspecified atom stereocenters. The van der Waals surface area contributed by atoms with Gasteiger partial charge in [0.2, 0.25) is 5.91 Å². The molecule has 0 aromatic carbocycles. The maximum atomic E-state index is 12.1. The zero-order valence-electron chi connectivity index (χ0n) is 39.3. The van der Waals surface area contributed by atoms with Crippen molar-refractivity contribution in [2.24, 2.45) is 0 Å². The van der Waals surface area contributed by atoms with Crippen molar-refractivity contribution in [1.82, 2.24) is 5.32 Å². The summed E-state index contributed by atoms with van der Waals surface area (Å²) in [5, 5.41) is 12.7. The molecule has 0 radical (unpaired) electrons. The summed E-state index contributed by atoms with van der Waals surface area (Å²) >= 11 is 0. The lowest BCUT2D eigenvalue weighted by molar-refractivity contribution is -0.147. The van der Waals surface area contributed by atoms with Gasteiger partial charge in [-0.3, -0.25) is 18.6 Å². The molecule has 0 rings (SSSR count). The Balaban J connectivity index is 3.66.